The predicted octanol–water partition coefficient (Wildman–Crippen LogP) is -6.93. The van der Waals surface area contributed by atoms with Crippen molar-refractivity contribution in [2.45, 2.75) is 86.0 Å². The van der Waals surface area contributed by atoms with E-state index in [0.717, 1.165) is 0 Å². The largest absolute Gasteiger partial charge is 0.394 e. The van der Waals surface area contributed by atoms with Crippen molar-refractivity contribution in [2.24, 2.45) is 0 Å². The van der Waals surface area contributed by atoms with Gasteiger partial charge < -0.3 is 74.7 Å². The summed E-state index contributed by atoms with van der Waals surface area (Å²) < 4.78 is 26.4. The molecule has 15 nitrogen and oxygen atoms in total. The van der Waals surface area contributed by atoms with Gasteiger partial charge in [0.2, 0.25) is 0 Å². The highest BCUT2D eigenvalue weighted by Gasteiger charge is 2.52. The highest BCUT2D eigenvalue weighted by Crippen LogP contribution is 2.31. The molecular formula is C17H30O15. The molecular weight excluding hydrogens is 444 g/mol. The normalized spacial score (nSPS) is 52.7. The average Bonchev–Trinajstić information content (AvgIpc) is 2.78. The minimum absolute atomic E-state index is 0.424. The number of ether oxygens (including phenoxy) is 5. The maximum atomic E-state index is 10.6. The Hall–Kier alpha value is -0.600. The summed E-state index contributed by atoms with van der Waals surface area (Å²) in [6.07, 6.45) is -23.0. The summed E-state index contributed by atoms with van der Waals surface area (Å²) in [5.74, 6) is 0. The van der Waals surface area contributed by atoms with Crippen LogP contribution in [0.2, 0.25) is 0 Å². The minimum atomic E-state index is -1.89. The van der Waals surface area contributed by atoms with Gasteiger partial charge in [-0.1, -0.05) is 0 Å². The fraction of sp³-hybridized carbons (Fsp3) is 1.00. The first-order chi connectivity index (χ1) is 15.1. The van der Waals surface area contributed by atoms with Gasteiger partial charge in [-0.05, 0) is 0 Å². The molecule has 188 valence electrons. The van der Waals surface area contributed by atoms with Crippen LogP contribution in [0.15, 0.2) is 0 Å². The molecule has 3 aliphatic heterocycles. The standard InChI is InChI=1S/C17H30O15/c18-1-5-8(22)10(24)12(26)17(30-5)32-14-13(9(23)6(2-19)29-15(14)27)31-16-11(25)7(21)4(20)3-28-16/h4-27H,1-3H2/t4-,5-,6-,7+,8-,9-,10+,11-,12-,13+,14-,15-,16+,17+/m1/s1. The average molecular weight is 474 g/mol. The zero-order chi connectivity index (χ0) is 23.7. The maximum absolute atomic E-state index is 10.6. The lowest BCUT2D eigenvalue weighted by Crippen LogP contribution is -2.66. The number of hydrogen-bond acceptors (Lipinski definition) is 15. The van der Waals surface area contributed by atoms with Crippen LogP contribution >= 0.6 is 0 Å². The van der Waals surface area contributed by atoms with Crippen LogP contribution in [0.5, 0.6) is 0 Å². The Morgan fingerprint density at radius 2 is 1.16 bits per heavy atom. The highest BCUT2D eigenvalue weighted by atomic mass is 16.8. The Bertz CT molecular complexity index is 594. The van der Waals surface area contributed by atoms with Crippen LogP contribution in [-0.2, 0) is 23.7 Å². The Balaban J connectivity index is 1.80. The number of aliphatic hydroxyl groups excluding tert-OH is 10. The van der Waals surface area contributed by atoms with E-state index in [9.17, 15) is 51.1 Å². The summed E-state index contributed by atoms with van der Waals surface area (Å²) in [5.41, 5.74) is 0. The van der Waals surface area contributed by atoms with Crippen LogP contribution in [0.1, 0.15) is 0 Å². The van der Waals surface area contributed by atoms with E-state index in [1.54, 1.807) is 0 Å². The first kappa shape index (κ1) is 26.0. The van der Waals surface area contributed by atoms with Crippen LogP contribution in [0.25, 0.3) is 0 Å². The van der Waals surface area contributed by atoms with Gasteiger partial charge in [0, 0.05) is 0 Å². The van der Waals surface area contributed by atoms with Crippen molar-refractivity contribution < 1.29 is 74.7 Å². The Kier molecular flexibility index (Phi) is 8.75. The lowest BCUT2D eigenvalue weighted by molar-refractivity contribution is -0.383. The van der Waals surface area contributed by atoms with Crippen molar-refractivity contribution in [2.75, 3.05) is 19.8 Å². The molecule has 0 aromatic heterocycles. The van der Waals surface area contributed by atoms with Crippen molar-refractivity contribution in [1.82, 2.24) is 0 Å². The zero-order valence-corrected chi connectivity index (χ0v) is 16.7. The predicted molar refractivity (Wildman–Crippen MR) is 95.2 cm³/mol. The molecule has 0 spiro atoms. The van der Waals surface area contributed by atoms with Gasteiger partial charge in [0.15, 0.2) is 18.9 Å². The lowest BCUT2D eigenvalue weighted by atomic mass is 9.97. The van der Waals surface area contributed by atoms with Crippen LogP contribution < -0.4 is 0 Å². The summed E-state index contributed by atoms with van der Waals surface area (Å²) >= 11 is 0. The molecule has 0 amide bonds. The van der Waals surface area contributed by atoms with Gasteiger partial charge in [-0.25, -0.2) is 0 Å². The van der Waals surface area contributed by atoms with Crippen molar-refractivity contribution >= 4 is 0 Å². The Morgan fingerprint density at radius 1 is 0.594 bits per heavy atom. The molecule has 14 atom stereocenters. The summed E-state index contributed by atoms with van der Waals surface area (Å²) in [5, 5.41) is 99.2. The molecule has 32 heavy (non-hydrogen) atoms. The summed E-state index contributed by atoms with van der Waals surface area (Å²) in [6, 6.07) is 0. The van der Waals surface area contributed by atoms with Crippen molar-refractivity contribution in [3.63, 3.8) is 0 Å². The van der Waals surface area contributed by atoms with E-state index in [0.29, 0.717) is 0 Å². The molecule has 10 N–H and O–H groups in total. The molecule has 3 rings (SSSR count). The van der Waals surface area contributed by atoms with Gasteiger partial charge in [-0.2, -0.15) is 0 Å². The van der Waals surface area contributed by atoms with E-state index >= 15 is 0 Å². The first-order valence-corrected chi connectivity index (χ1v) is 10.00. The maximum Gasteiger partial charge on any atom is 0.187 e. The van der Waals surface area contributed by atoms with Gasteiger partial charge in [-0.3, -0.25) is 0 Å². The summed E-state index contributed by atoms with van der Waals surface area (Å²) in [6.45, 7) is -1.92. The second kappa shape index (κ2) is 10.8. The first-order valence-electron chi connectivity index (χ1n) is 10.00. The van der Waals surface area contributed by atoms with Crippen LogP contribution in [0, 0.1) is 0 Å². The quantitative estimate of drug-likeness (QED) is 0.172. The molecule has 3 aliphatic rings. The fourth-order valence-corrected chi connectivity index (χ4v) is 3.75. The van der Waals surface area contributed by atoms with Crippen molar-refractivity contribution in [1.29, 1.82) is 0 Å². The van der Waals surface area contributed by atoms with E-state index in [1.165, 1.54) is 0 Å². The van der Waals surface area contributed by atoms with Gasteiger partial charge >= 0.3 is 0 Å². The molecule has 0 aromatic carbocycles. The monoisotopic (exact) mass is 474 g/mol. The van der Waals surface area contributed by atoms with Gasteiger partial charge in [0.1, 0.15) is 67.1 Å². The summed E-state index contributed by atoms with van der Waals surface area (Å²) in [7, 11) is 0. The molecule has 3 saturated heterocycles. The number of aliphatic hydroxyl groups is 10. The molecule has 0 aliphatic carbocycles. The Labute approximate surface area is 181 Å². The van der Waals surface area contributed by atoms with Crippen LogP contribution in [0.3, 0.4) is 0 Å². The SMILES string of the molecule is OC[C@H]1O[C@@H](O[C@@H]2[C@@H](O[C@@H]3OC[C@@H](O)[C@H](O)[C@H]3O)[C@H](O)[C@@H](CO)O[C@H]2O)[C@H](O)[C@@H](O)[C@@H]1O. The van der Waals surface area contributed by atoms with E-state index < -0.39 is 106 Å². The third-order valence-corrected chi connectivity index (χ3v) is 5.70. The molecule has 0 aromatic rings. The van der Waals surface area contributed by atoms with Crippen LogP contribution in [0.4, 0.5) is 0 Å². The Morgan fingerprint density at radius 3 is 1.78 bits per heavy atom. The van der Waals surface area contributed by atoms with Gasteiger partial charge in [0.05, 0.1) is 19.8 Å². The van der Waals surface area contributed by atoms with E-state index in [-0.39, 0.29) is 0 Å². The van der Waals surface area contributed by atoms with Crippen molar-refractivity contribution in [3.8, 4) is 0 Å². The molecule has 3 heterocycles. The molecule has 0 unspecified atom stereocenters. The van der Waals surface area contributed by atoms with Crippen molar-refractivity contribution in [3.05, 3.63) is 0 Å². The second-order valence-electron chi connectivity index (χ2n) is 7.89. The molecule has 0 bridgehead atoms. The van der Waals surface area contributed by atoms with Crippen LogP contribution in [-0.4, -0.2) is 157 Å². The lowest BCUT2D eigenvalue weighted by Gasteiger charge is -2.47. The highest BCUT2D eigenvalue weighted by molar-refractivity contribution is 4.95. The van der Waals surface area contributed by atoms with E-state index in [1.807, 2.05) is 0 Å². The molecule has 0 radical (unpaired) electrons. The zero-order valence-electron chi connectivity index (χ0n) is 16.7. The topological polar surface area (TPSA) is 248 Å². The van der Waals surface area contributed by atoms with Gasteiger partial charge in [0.25, 0.3) is 0 Å². The van der Waals surface area contributed by atoms with E-state index in [4.69, 9.17) is 23.7 Å². The second-order valence-corrected chi connectivity index (χ2v) is 7.89. The molecule has 15 heteroatoms. The third-order valence-electron chi connectivity index (χ3n) is 5.70. The van der Waals surface area contributed by atoms with E-state index in [2.05, 4.69) is 0 Å². The smallest absolute Gasteiger partial charge is 0.187 e. The number of hydrogen-bond donors (Lipinski definition) is 10. The van der Waals surface area contributed by atoms with Gasteiger partial charge in [-0.15, -0.1) is 0 Å². The fourth-order valence-electron chi connectivity index (χ4n) is 3.75. The molecule has 0 saturated carbocycles. The third kappa shape index (κ3) is 5.07. The number of rotatable bonds is 6. The molecule has 3 fully saturated rings. The summed E-state index contributed by atoms with van der Waals surface area (Å²) in [4.78, 5) is 0. The minimum Gasteiger partial charge on any atom is -0.394 e.